The van der Waals surface area contributed by atoms with Crippen LogP contribution in [-0.4, -0.2) is 42.9 Å². The van der Waals surface area contributed by atoms with Crippen LogP contribution >= 0.6 is 11.3 Å². The molecule has 3 aromatic rings. The van der Waals surface area contributed by atoms with E-state index in [0.29, 0.717) is 21.6 Å². The summed E-state index contributed by atoms with van der Waals surface area (Å²) >= 11 is 1.24. The zero-order valence-corrected chi connectivity index (χ0v) is 18.0. The molecule has 2 aromatic carbocycles. The van der Waals surface area contributed by atoms with E-state index in [0.717, 1.165) is 11.1 Å². The van der Waals surface area contributed by atoms with Crippen LogP contribution in [0.1, 0.15) is 12.5 Å². The summed E-state index contributed by atoms with van der Waals surface area (Å²) in [7, 11) is -3.56. The highest BCUT2D eigenvalue weighted by molar-refractivity contribution is 7.92. The monoisotopic (exact) mass is 444 g/mol. The minimum Gasteiger partial charge on any atom is -0.476 e. The third kappa shape index (κ3) is 4.01. The number of carbonyl (C=O) groups excluding carboxylic acids is 1. The molecule has 0 spiro atoms. The molecule has 0 saturated heterocycles. The lowest BCUT2D eigenvalue weighted by Crippen LogP contribution is -2.49. The molecule has 0 radical (unpaired) electrons. The lowest BCUT2D eigenvalue weighted by Gasteiger charge is -2.34. The van der Waals surface area contributed by atoms with Gasteiger partial charge in [-0.1, -0.05) is 53.3 Å². The first-order chi connectivity index (χ1) is 14.4. The van der Waals surface area contributed by atoms with Gasteiger partial charge in [-0.3, -0.25) is 14.4 Å². The number of anilines is 2. The van der Waals surface area contributed by atoms with Crippen molar-refractivity contribution in [2.24, 2.45) is 0 Å². The van der Waals surface area contributed by atoms with Crippen LogP contribution in [0.2, 0.25) is 0 Å². The maximum atomic E-state index is 12.8. The molecular weight excluding hydrogens is 424 g/mol. The number of hydrogen-bond donors (Lipinski definition) is 1. The number of fused-ring (bicyclic) bond motifs is 1. The van der Waals surface area contributed by atoms with Gasteiger partial charge >= 0.3 is 0 Å². The summed E-state index contributed by atoms with van der Waals surface area (Å²) in [6, 6.07) is 14.6. The van der Waals surface area contributed by atoms with Crippen LogP contribution in [0.5, 0.6) is 5.75 Å². The van der Waals surface area contributed by atoms with Crippen molar-refractivity contribution in [2.75, 3.05) is 21.9 Å². The maximum absolute atomic E-state index is 12.8. The highest BCUT2D eigenvalue weighted by atomic mass is 32.2. The number of amides is 1. The molecule has 1 aromatic heterocycles. The van der Waals surface area contributed by atoms with Gasteiger partial charge in [0.05, 0.1) is 18.0 Å². The number of aryl methyl sites for hydroxylation is 1. The molecule has 2 heterocycles. The molecule has 1 N–H and O–H groups in total. The van der Waals surface area contributed by atoms with E-state index in [1.165, 1.54) is 15.6 Å². The average molecular weight is 445 g/mol. The summed E-state index contributed by atoms with van der Waals surface area (Å²) in [4.78, 5) is 12.8. The van der Waals surface area contributed by atoms with Crippen molar-refractivity contribution in [1.82, 2.24) is 10.2 Å². The second-order valence-electron chi connectivity index (χ2n) is 6.77. The highest BCUT2D eigenvalue weighted by Crippen LogP contribution is 2.35. The van der Waals surface area contributed by atoms with Gasteiger partial charge in [0.25, 0.3) is 5.91 Å². The number of aromatic nitrogens is 2. The molecule has 0 bridgehead atoms. The van der Waals surface area contributed by atoms with Gasteiger partial charge in [-0.05, 0) is 26.0 Å². The number of nitrogens with zero attached hydrogens (tertiary/aromatic N) is 3. The van der Waals surface area contributed by atoms with Gasteiger partial charge in [-0.25, -0.2) is 8.42 Å². The number of ether oxygens (including phenoxy) is 1. The number of hydrogen-bond acceptors (Lipinski definition) is 7. The fraction of sp³-hybridized carbons (Fsp3) is 0.250. The predicted octanol–water partition coefficient (Wildman–Crippen LogP) is 3.07. The molecule has 1 aliphatic rings. The topological polar surface area (TPSA) is 101 Å². The quantitative estimate of drug-likeness (QED) is 0.649. The van der Waals surface area contributed by atoms with Gasteiger partial charge in [0.15, 0.2) is 6.10 Å². The van der Waals surface area contributed by atoms with E-state index in [9.17, 15) is 13.2 Å². The van der Waals surface area contributed by atoms with Crippen molar-refractivity contribution in [2.45, 2.75) is 20.0 Å². The predicted molar refractivity (Wildman–Crippen MR) is 116 cm³/mol. The normalized spacial score (nSPS) is 15.9. The summed E-state index contributed by atoms with van der Waals surface area (Å²) in [5.74, 6) is -0.211. The Hall–Kier alpha value is -2.98. The van der Waals surface area contributed by atoms with Gasteiger partial charge in [0, 0.05) is 5.56 Å². The Balaban J connectivity index is 1.53. The van der Waals surface area contributed by atoms with E-state index in [4.69, 9.17) is 4.74 Å². The first-order valence-electron chi connectivity index (χ1n) is 9.35. The van der Waals surface area contributed by atoms with Crippen molar-refractivity contribution >= 4 is 38.1 Å². The van der Waals surface area contributed by atoms with Crippen molar-refractivity contribution < 1.29 is 17.9 Å². The van der Waals surface area contributed by atoms with Crippen LogP contribution < -0.4 is 14.4 Å². The van der Waals surface area contributed by atoms with Gasteiger partial charge in [0.1, 0.15) is 10.8 Å². The number of para-hydroxylation sites is 2. The third-order valence-corrected chi connectivity index (χ3v) is 7.32. The van der Waals surface area contributed by atoms with E-state index in [-0.39, 0.29) is 12.3 Å². The number of benzene rings is 2. The van der Waals surface area contributed by atoms with Gasteiger partial charge < -0.3 is 4.74 Å². The second-order valence-corrected chi connectivity index (χ2v) is 9.93. The number of sulfonamides is 1. The number of nitrogens with one attached hydrogen (secondary N) is 1. The Morgan fingerprint density at radius 3 is 2.67 bits per heavy atom. The standard InChI is InChI=1S/C20H20N4O4S2/c1-3-30(26,27)24-12-17(28-16-7-5-4-6-15(16)24)18(25)21-20-23-22-19(29-20)14-10-8-13(2)9-11-14/h4-11,17H,3,12H2,1-2H3,(H,21,23,25). The lowest BCUT2D eigenvalue weighted by molar-refractivity contribution is -0.122. The van der Waals surface area contributed by atoms with E-state index < -0.39 is 22.0 Å². The third-order valence-electron chi connectivity index (χ3n) is 4.68. The zero-order valence-electron chi connectivity index (χ0n) is 16.4. The molecule has 8 nitrogen and oxygen atoms in total. The Kier molecular flexibility index (Phi) is 5.44. The maximum Gasteiger partial charge on any atom is 0.269 e. The van der Waals surface area contributed by atoms with Crippen LogP contribution in [0.4, 0.5) is 10.8 Å². The van der Waals surface area contributed by atoms with Gasteiger partial charge in [0.2, 0.25) is 15.2 Å². The number of carbonyl (C=O) groups is 1. The average Bonchev–Trinajstić information content (AvgIpc) is 3.21. The summed E-state index contributed by atoms with van der Waals surface area (Å²) < 4.78 is 32.1. The molecule has 4 rings (SSSR count). The van der Waals surface area contributed by atoms with Crippen molar-refractivity contribution in [3.8, 4) is 16.3 Å². The Morgan fingerprint density at radius 1 is 1.20 bits per heavy atom. The first-order valence-corrected chi connectivity index (χ1v) is 11.8. The van der Waals surface area contributed by atoms with Gasteiger partial charge in [-0.15, -0.1) is 10.2 Å². The van der Waals surface area contributed by atoms with E-state index >= 15 is 0 Å². The van der Waals surface area contributed by atoms with Crippen LogP contribution in [0.15, 0.2) is 48.5 Å². The molecule has 1 atom stereocenters. The van der Waals surface area contributed by atoms with Crippen LogP contribution in [0.25, 0.3) is 10.6 Å². The molecule has 1 unspecified atom stereocenters. The van der Waals surface area contributed by atoms with Crippen molar-refractivity contribution in [1.29, 1.82) is 0 Å². The largest absolute Gasteiger partial charge is 0.476 e. The van der Waals surface area contributed by atoms with E-state index in [1.54, 1.807) is 31.2 Å². The highest BCUT2D eigenvalue weighted by Gasteiger charge is 2.36. The molecule has 1 amide bonds. The SMILES string of the molecule is CCS(=O)(=O)N1CC(C(=O)Nc2nnc(-c3ccc(C)cc3)s2)Oc2ccccc21. The fourth-order valence-corrected chi connectivity index (χ4v) is 4.91. The Morgan fingerprint density at radius 2 is 1.93 bits per heavy atom. The van der Waals surface area contributed by atoms with E-state index in [2.05, 4.69) is 15.5 Å². The summed E-state index contributed by atoms with van der Waals surface area (Å²) in [5.41, 5.74) is 2.47. The summed E-state index contributed by atoms with van der Waals surface area (Å²) in [6.07, 6.45) is -1.01. The molecule has 10 heteroatoms. The molecule has 0 saturated carbocycles. The van der Waals surface area contributed by atoms with Gasteiger partial charge in [-0.2, -0.15) is 0 Å². The zero-order chi connectivity index (χ0) is 21.3. The lowest BCUT2D eigenvalue weighted by atomic mass is 10.2. The molecule has 0 aliphatic carbocycles. The van der Waals surface area contributed by atoms with Crippen LogP contribution in [-0.2, 0) is 14.8 Å². The summed E-state index contributed by atoms with van der Waals surface area (Å²) in [6.45, 7) is 3.46. The van der Waals surface area contributed by atoms with Crippen LogP contribution in [0, 0.1) is 6.92 Å². The molecule has 1 aliphatic heterocycles. The number of rotatable bonds is 5. The Labute approximate surface area is 178 Å². The molecular formula is C20H20N4O4S2. The molecule has 30 heavy (non-hydrogen) atoms. The van der Waals surface area contributed by atoms with E-state index in [1.807, 2.05) is 31.2 Å². The Bertz CT molecular complexity index is 1180. The molecule has 156 valence electrons. The van der Waals surface area contributed by atoms with Crippen LogP contribution in [0.3, 0.4) is 0 Å². The fourth-order valence-electron chi connectivity index (χ4n) is 3.03. The first kappa shape index (κ1) is 20.3. The second kappa shape index (κ2) is 8.04. The minimum atomic E-state index is -3.56. The molecule has 0 fully saturated rings. The van der Waals surface area contributed by atoms with Crippen molar-refractivity contribution in [3.05, 3.63) is 54.1 Å². The minimum absolute atomic E-state index is 0.0774. The summed E-state index contributed by atoms with van der Waals surface area (Å²) in [5, 5.41) is 11.8. The van der Waals surface area contributed by atoms with Crippen molar-refractivity contribution in [3.63, 3.8) is 0 Å². The smallest absolute Gasteiger partial charge is 0.269 e.